The first-order valence-electron chi connectivity index (χ1n) is 14.3. The molecule has 8 heteroatoms. The number of hydrogen-bond acceptors (Lipinski definition) is 6. The molecule has 1 saturated carbocycles. The Balaban J connectivity index is 1.15. The molecule has 0 spiro atoms. The number of unbranched alkanes of at least 4 members (excludes halogenated alkanes) is 2. The van der Waals surface area contributed by atoms with E-state index in [-0.39, 0.29) is 11.7 Å². The zero-order valence-corrected chi connectivity index (χ0v) is 22.0. The van der Waals surface area contributed by atoms with Crippen LogP contribution in [0.2, 0.25) is 0 Å². The number of anilines is 2. The van der Waals surface area contributed by atoms with Gasteiger partial charge in [0.15, 0.2) is 17.3 Å². The van der Waals surface area contributed by atoms with E-state index in [1.165, 1.54) is 50.8 Å². The number of amidine groups is 1. The van der Waals surface area contributed by atoms with Crippen LogP contribution in [0.15, 0.2) is 29.2 Å². The highest BCUT2D eigenvalue weighted by Gasteiger charge is 2.26. The van der Waals surface area contributed by atoms with Gasteiger partial charge in [0.1, 0.15) is 0 Å². The molecule has 1 aromatic heterocycles. The van der Waals surface area contributed by atoms with Crippen LogP contribution >= 0.6 is 0 Å². The molecular weight excluding hydrogens is 464 g/mol. The number of hydrogen-bond donors (Lipinski definition) is 3. The van der Waals surface area contributed by atoms with Gasteiger partial charge < -0.3 is 20.7 Å². The number of aromatic nitrogens is 2. The Morgan fingerprint density at radius 3 is 2.68 bits per heavy atom. The van der Waals surface area contributed by atoms with Gasteiger partial charge in [0.05, 0.1) is 17.7 Å². The lowest BCUT2D eigenvalue weighted by atomic mass is 9.83. The summed E-state index contributed by atoms with van der Waals surface area (Å²) in [6.45, 7) is 3.50. The number of nitrogens with zero attached hydrogens (tertiary/aromatic N) is 3. The quantitative estimate of drug-likeness (QED) is 0.184. The summed E-state index contributed by atoms with van der Waals surface area (Å²) in [5.41, 5.74) is 7.40. The Kier molecular flexibility index (Phi) is 8.44. The fourth-order valence-corrected chi connectivity index (χ4v) is 6.15. The zero-order valence-electron chi connectivity index (χ0n) is 22.0. The van der Waals surface area contributed by atoms with Crippen molar-refractivity contribution in [3.05, 3.63) is 40.4 Å². The van der Waals surface area contributed by atoms with E-state index in [2.05, 4.69) is 27.3 Å². The average Bonchev–Trinajstić information content (AvgIpc) is 2.91. The number of fused-ring (bicyclic) bond motifs is 2. The molecule has 1 saturated heterocycles. The molecule has 3 aliphatic rings. The lowest BCUT2D eigenvalue weighted by Gasteiger charge is -2.30. The highest BCUT2D eigenvalue weighted by Crippen LogP contribution is 2.42. The van der Waals surface area contributed by atoms with Crippen molar-refractivity contribution in [1.82, 2.24) is 14.5 Å². The molecule has 2 fully saturated rings. The number of nitrogens with two attached hydrogens (primary N) is 1. The smallest absolute Gasteiger partial charge is 0.350 e. The lowest BCUT2D eigenvalue weighted by molar-refractivity contribution is 0.231. The highest BCUT2D eigenvalue weighted by molar-refractivity contribution is 5.76. The summed E-state index contributed by atoms with van der Waals surface area (Å²) in [7, 11) is 0. The van der Waals surface area contributed by atoms with E-state index in [4.69, 9.17) is 15.9 Å². The lowest BCUT2D eigenvalue weighted by Crippen LogP contribution is -2.31. The van der Waals surface area contributed by atoms with E-state index in [0.29, 0.717) is 23.8 Å². The van der Waals surface area contributed by atoms with Crippen molar-refractivity contribution in [2.75, 3.05) is 25.0 Å². The van der Waals surface area contributed by atoms with Crippen molar-refractivity contribution in [3.8, 4) is 11.5 Å². The van der Waals surface area contributed by atoms with E-state index in [1.54, 1.807) is 4.57 Å². The molecule has 5 rings (SSSR count). The van der Waals surface area contributed by atoms with Gasteiger partial charge in [0.25, 0.3) is 0 Å². The first kappa shape index (κ1) is 25.8. The van der Waals surface area contributed by atoms with Gasteiger partial charge in [0.2, 0.25) is 0 Å². The summed E-state index contributed by atoms with van der Waals surface area (Å²) in [5, 5.41) is 10.7. The Morgan fingerprint density at radius 2 is 1.89 bits per heavy atom. The topological polar surface area (TPSA) is 109 Å². The van der Waals surface area contributed by atoms with Gasteiger partial charge in [-0.05, 0) is 88.1 Å². The predicted molar refractivity (Wildman–Crippen MR) is 148 cm³/mol. The minimum absolute atomic E-state index is 0.182. The number of likely N-dealkylation sites (tertiary alicyclic amines) is 1. The van der Waals surface area contributed by atoms with Crippen LogP contribution in [-0.4, -0.2) is 39.9 Å². The normalized spacial score (nSPS) is 21.4. The molecule has 2 aromatic rings. The molecule has 1 aliphatic carbocycles. The third-order valence-electron chi connectivity index (χ3n) is 8.37. The fourth-order valence-electron chi connectivity index (χ4n) is 6.15. The molecule has 0 atom stereocenters. The molecule has 1 aromatic carbocycles. The van der Waals surface area contributed by atoms with E-state index in [0.717, 1.165) is 68.8 Å². The molecule has 2 aliphatic heterocycles. The van der Waals surface area contributed by atoms with Gasteiger partial charge in [-0.1, -0.05) is 31.7 Å². The maximum absolute atomic E-state index is 13.0. The molecule has 8 nitrogen and oxygen atoms in total. The van der Waals surface area contributed by atoms with Crippen molar-refractivity contribution in [3.63, 3.8) is 0 Å². The summed E-state index contributed by atoms with van der Waals surface area (Å²) in [5.74, 6) is 2.95. The summed E-state index contributed by atoms with van der Waals surface area (Å²) < 4.78 is 8.00. The van der Waals surface area contributed by atoms with Crippen LogP contribution in [-0.2, 0) is 6.42 Å². The number of piperidine rings is 1. The van der Waals surface area contributed by atoms with Crippen molar-refractivity contribution >= 4 is 17.3 Å². The molecule has 3 heterocycles. The second-order valence-corrected chi connectivity index (χ2v) is 11.2. The van der Waals surface area contributed by atoms with E-state index in [1.807, 2.05) is 12.3 Å². The molecule has 200 valence electrons. The number of benzene rings is 1. The largest absolute Gasteiger partial charge is 0.450 e. The molecule has 37 heavy (non-hydrogen) atoms. The van der Waals surface area contributed by atoms with Gasteiger partial charge in [-0.25, -0.2) is 4.79 Å². The van der Waals surface area contributed by atoms with Crippen LogP contribution in [0.25, 0.3) is 0 Å². The summed E-state index contributed by atoms with van der Waals surface area (Å²) >= 11 is 0. The molecule has 0 bridgehead atoms. The van der Waals surface area contributed by atoms with Crippen molar-refractivity contribution in [2.24, 2.45) is 11.7 Å². The predicted octanol–water partition coefficient (Wildman–Crippen LogP) is 5.74. The van der Waals surface area contributed by atoms with Crippen molar-refractivity contribution in [1.29, 1.82) is 5.41 Å². The molecular formula is C29H42N6O2. The van der Waals surface area contributed by atoms with Gasteiger partial charge in [-0.15, -0.1) is 0 Å². The maximum Gasteiger partial charge on any atom is 0.350 e. The van der Waals surface area contributed by atoms with Crippen LogP contribution in [0.5, 0.6) is 11.5 Å². The molecule has 0 unspecified atom stereocenters. The standard InChI is InChI=1S/C29H42N6O2/c30-27(31)8-4-1-3-7-21-9-12-23(13-10-21)35-20-26-28(33-29(35)36)32-24-19-22(11-14-25(24)37-26)15-18-34-16-5-2-6-17-34/h11,14,19-21,23H,1-10,12-13,15-18H2,(H3,30,31)(H,32,33,36). The second kappa shape index (κ2) is 12.1. The third kappa shape index (κ3) is 6.72. The monoisotopic (exact) mass is 506 g/mol. The van der Waals surface area contributed by atoms with E-state index >= 15 is 0 Å². The minimum atomic E-state index is -0.202. The van der Waals surface area contributed by atoms with Crippen LogP contribution in [0.1, 0.15) is 88.7 Å². The Bertz CT molecular complexity index is 1130. The molecule has 0 amide bonds. The first-order chi connectivity index (χ1) is 18.0. The summed E-state index contributed by atoms with van der Waals surface area (Å²) in [6, 6.07) is 6.51. The van der Waals surface area contributed by atoms with E-state index < -0.39 is 0 Å². The Labute approximate surface area is 220 Å². The van der Waals surface area contributed by atoms with Crippen LogP contribution in [0.3, 0.4) is 0 Å². The Morgan fingerprint density at radius 1 is 1.08 bits per heavy atom. The van der Waals surface area contributed by atoms with Gasteiger partial charge in [-0.2, -0.15) is 4.98 Å². The number of nitrogens with one attached hydrogen (secondary N) is 2. The summed E-state index contributed by atoms with van der Waals surface area (Å²) in [4.78, 5) is 19.9. The van der Waals surface area contributed by atoms with Crippen LogP contribution < -0.4 is 21.5 Å². The Hall–Kier alpha value is -2.87. The van der Waals surface area contributed by atoms with Gasteiger partial charge in [-0.3, -0.25) is 9.98 Å². The minimum Gasteiger partial charge on any atom is -0.450 e. The zero-order chi connectivity index (χ0) is 25.6. The second-order valence-electron chi connectivity index (χ2n) is 11.2. The van der Waals surface area contributed by atoms with Gasteiger partial charge in [0, 0.05) is 19.0 Å². The van der Waals surface area contributed by atoms with Crippen molar-refractivity contribution in [2.45, 2.75) is 89.5 Å². The van der Waals surface area contributed by atoms with E-state index in [9.17, 15) is 4.79 Å². The first-order valence-corrected chi connectivity index (χ1v) is 14.3. The van der Waals surface area contributed by atoms with Crippen molar-refractivity contribution < 1.29 is 4.74 Å². The van der Waals surface area contributed by atoms with Gasteiger partial charge >= 0.3 is 5.69 Å². The third-order valence-corrected chi connectivity index (χ3v) is 8.37. The fraction of sp³-hybridized carbons (Fsp3) is 0.621. The summed E-state index contributed by atoms with van der Waals surface area (Å²) in [6.07, 6.45) is 16.4. The SMILES string of the molecule is N=C(N)CCCCCC1CCC(n2cc3c(nc2=O)Nc2cc(CCN4CCCCC4)ccc2O3)CC1. The van der Waals surface area contributed by atoms with Crippen LogP contribution in [0.4, 0.5) is 11.5 Å². The average molecular weight is 507 g/mol. The number of ether oxygens (including phenoxy) is 1. The highest BCUT2D eigenvalue weighted by atomic mass is 16.5. The molecule has 0 radical (unpaired) electrons. The maximum atomic E-state index is 13.0. The molecule has 4 N–H and O–H groups in total. The number of rotatable bonds is 10. The van der Waals surface area contributed by atoms with Crippen LogP contribution in [0, 0.1) is 11.3 Å².